The molecule has 0 amide bonds. The molecule has 0 aliphatic heterocycles. The van der Waals surface area contributed by atoms with Gasteiger partial charge in [0.05, 0.1) is 13.2 Å². The Kier molecular flexibility index (Phi) is 5.28. The van der Waals surface area contributed by atoms with Gasteiger partial charge in [0.2, 0.25) is 0 Å². The molecule has 3 nitrogen and oxygen atoms in total. The number of carbonyl (C=O) groups excluding carboxylic acids is 1. The Morgan fingerprint density at radius 2 is 2.00 bits per heavy atom. The van der Waals surface area contributed by atoms with Gasteiger partial charge in [-0.2, -0.15) is 0 Å². The van der Waals surface area contributed by atoms with Crippen LogP contribution in [0.25, 0.3) is 0 Å². The van der Waals surface area contributed by atoms with E-state index in [9.17, 15) is 13.6 Å². The van der Waals surface area contributed by atoms with Crippen molar-refractivity contribution >= 4 is 6.29 Å². The normalized spacial score (nSPS) is 19.6. The summed E-state index contributed by atoms with van der Waals surface area (Å²) >= 11 is 0. The lowest BCUT2D eigenvalue weighted by Crippen LogP contribution is -2.41. The van der Waals surface area contributed by atoms with Crippen LogP contribution in [0.3, 0.4) is 0 Å². The minimum Gasteiger partial charge on any atom is -0.395 e. The summed E-state index contributed by atoms with van der Waals surface area (Å²) in [4.78, 5) is 12.6. The number of aliphatic hydroxyl groups excluding tert-OH is 1. The molecule has 1 N–H and O–H groups in total. The van der Waals surface area contributed by atoms with E-state index in [4.69, 9.17) is 5.11 Å². The van der Waals surface area contributed by atoms with Crippen LogP contribution in [-0.2, 0) is 4.79 Å². The maximum atomic E-state index is 12.3. The van der Waals surface area contributed by atoms with Gasteiger partial charge in [0.1, 0.15) is 6.29 Å². The maximum absolute atomic E-state index is 12.3. The third kappa shape index (κ3) is 3.79. The van der Waals surface area contributed by atoms with Crippen LogP contribution in [0.1, 0.15) is 25.7 Å². The number of nitrogens with zero attached hydrogens (tertiary/aromatic N) is 1. The van der Waals surface area contributed by atoms with Crippen LogP contribution in [0.4, 0.5) is 8.78 Å². The number of rotatable bonds is 7. The number of halogens is 2. The first-order chi connectivity index (χ1) is 7.62. The fraction of sp³-hybridized carbons (Fsp3) is 0.909. The lowest BCUT2D eigenvalue weighted by Gasteiger charge is -2.30. The molecule has 0 aromatic heterocycles. The van der Waals surface area contributed by atoms with Gasteiger partial charge in [-0.15, -0.1) is 0 Å². The molecule has 0 heterocycles. The van der Waals surface area contributed by atoms with Crippen molar-refractivity contribution in [3.8, 4) is 0 Å². The van der Waals surface area contributed by atoms with E-state index >= 15 is 0 Å². The standard InChI is InChI=1S/C11H19F2NO2/c12-10(13)7-14(5-6-15)8-11(9-16)3-1-2-4-11/h9-10,15H,1-8H2. The topological polar surface area (TPSA) is 40.5 Å². The zero-order chi connectivity index (χ0) is 12.0. The molecule has 0 unspecified atom stereocenters. The Labute approximate surface area is 94.4 Å². The number of aliphatic hydroxyl groups is 1. The van der Waals surface area contributed by atoms with Crippen LogP contribution < -0.4 is 0 Å². The van der Waals surface area contributed by atoms with Gasteiger partial charge in [0.15, 0.2) is 0 Å². The first-order valence-corrected chi connectivity index (χ1v) is 5.69. The summed E-state index contributed by atoms with van der Waals surface area (Å²) < 4.78 is 24.6. The predicted molar refractivity (Wildman–Crippen MR) is 56.5 cm³/mol. The highest BCUT2D eigenvalue weighted by Crippen LogP contribution is 2.36. The van der Waals surface area contributed by atoms with E-state index in [0.717, 1.165) is 32.0 Å². The van der Waals surface area contributed by atoms with Crippen LogP contribution in [0.2, 0.25) is 0 Å². The zero-order valence-electron chi connectivity index (χ0n) is 9.37. The summed E-state index contributed by atoms with van der Waals surface area (Å²) in [5, 5.41) is 8.81. The van der Waals surface area contributed by atoms with Gasteiger partial charge in [-0.3, -0.25) is 4.90 Å². The van der Waals surface area contributed by atoms with E-state index in [0.29, 0.717) is 6.54 Å². The Hall–Kier alpha value is -0.550. The van der Waals surface area contributed by atoms with Crippen LogP contribution >= 0.6 is 0 Å². The molecule has 1 aliphatic rings. The molecule has 0 radical (unpaired) electrons. The molecule has 1 saturated carbocycles. The first-order valence-electron chi connectivity index (χ1n) is 5.69. The Morgan fingerprint density at radius 1 is 1.38 bits per heavy atom. The quantitative estimate of drug-likeness (QED) is 0.676. The molecule has 1 rings (SSSR count). The van der Waals surface area contributed by atoms with E-state index < -0.39 is 11.8 Å². The molecule has 0 spiro atoms. The fourth-order valence-corrected chi connectivity index (χ4v) is 2.41. The third-order valence-corrected chi connectivity index (χ3v) is 3.20. The second-order valence-corrected chi connectivity index (χ2v) is 4.54. The van der Waals surface area contributed by atoms with Gasteiger partial charge in [-0.25, -0.2) is 8.78 Å². The van der Waals surface area contributed by atoms with Gasteiger partial charge < -0.3 is 9.90 Å². The summed E-state index contributed by atoms with van der Waals surface area (Å²) in [6, 6.07) is 0. The molecule has 0 saturated heterocycles. The van der Waals surface area contributed by atoms with Crippen LogP contribution in [0.5, 0.6) is 0 Å². The van der Waals surface area contributed by atoms with Crippen molar-refractivity contribution in [2.24, 2.45) is 5.41 Å². The average molecular weight is 235 g/mol. The molecule has 0 atom stereocenters. The molecule has 0 aromatic rings. The molecule has 0 aromatic carbocycles. The number of hydrogen-bond donors (Lipinski definition) is 1. The van der Waals surface area contributed by atoms with Gasteiger partial charge in [0.25, 0.3) is 6.43 Å². The molecule has 1 aliphatic carbocycles. The molecule has 5 heteroatoms. The van der Waals surface area contributed by atoms with Crippen molar-refractivity contribution in [2.75, 3.05) is 26.2 Å². The van der Waals surface area contributed by atoms with Crippen LogP contribution in [0, 0.1) is 5.41 Å². The zero-order valence-corrected chi connectivity index (χ0v) is 9.37. The monoisotopic (exact) mass is 235 g/mol. The van der Waals surface area contributed by atoms with Gasteiger partial charge in [-0.1, -0.05) is 12.8 Å². The molecule has 0 bridgehead atoms. The lowest BCUT2D eigenvalue weighted by atomic mass is 9.87. The van der Waals surface area contributed by atoms with Crippen molar-refractivity contribution in [2.45, 2.75) is 32.1 Å². The largest absolute Gasteiger partial charge is 0.395 e. The van der Waals surface area contributed by atoms with Crippen LogP contribution in [0.15, 0.2) is 0 Å². The van der Waals surface area contributed by atoms with E-state index in [2.05, 4.69) is 0 Å². The Morgan fingerprint density at radius 3 is 2.44 bits per heavy atom. The van der Waals surface area contributed by atoms with Crippen molar-refractivity contribution in [1.82, 2.24) is 4.90 Å². The Balaban J connectivity index is 2.54. The number of alkyl halides is 2. The summed E-state index contributed by atoms with van der Waals surface area (Å²) in [5.41, 5.74) is -0.454. The molecule has 94 valence electrons. The second-order valence-electron chi connectivity index (χ2n) is 4.54. The van der Waals surface area contributed by atoms with Crippen LogP contribution in [-0.4, -0.2) is 49.0 Å². The highest BCUT2D eigenvalue weighted by atomic mass is 19.3. The summed E-state index contributed by atoms with van der Waals surface area (Å²) in [6.45, 7) is 0.0408. The fourth-order valence-electron chi connectivity index (χ4n) is 2.41. The minimum absolute atomic E-state index is 0.151. The SMILES string of the molecule is O=CC1(CN(CCO)CC(F)F)CCCC1. The smallest absolute Gasteiger partial charge is 0.251 e. The summed E-state index contributed by atoms with van der Waals surface area (Å²) in [6.07, 6.45) is 2.02. The maximum Gasteiger partial charge on any atom is 0.251 e. The summed E-state index contributed by atoms with van der Waals surface area (Å²) in [5.74, 6) is 0. The number of hydrogen-bond acceptors (Lipinski definition) is 3. The highest BCUT2D eigenvalue weighted by Gasteiger charge is 2.35. The van der Waals surface area contributed by atoms with E-state index in [1.165, 1.54) is 4.90 Å². The van der Waals surface area contributed by atoms with Gasteiger partial charge >= 0.3 is 0 Å². The highest BCUT2D eigenvalue weighted by molar-refractivity contribution is 5.60. The molecular formula is C11H19F2NO2. The van der Waals surface area contributed by atoms with E-state index in [1.807, 2.05) is 0 Å². The number of carbonyl (C=O) groups is 1. The molecular weight excluding hydrogens is 216 g/mol. The Bertz CT molecular complexity index is 218. The second kappa shape index (κ2) is 6.25. The molecule has 1 fully saturated rings. The van der Waals surface area contributed by atoms with Gasteiger partial charge in [0, 0.05) is 18.5 Å². The minimum atomic E-state index is -2.42. The van der Waals surface area contributed by atoms with Crippen molar-refractivity contribution in [1.29, 1.82) is 0 Å². The average Bonchev–Trinajstić information content (AvgIpc) is 2.66. The third-order valence-electron chi connectivity index (χ3n) is 3.20. The first kappa shape index (κ1) is 13.5. The van der Waals surface area contributed by atoms with Crippen molar-refractivity contribution in [3.05, 3.63) is 0 Å². The van der Waals surface area contributed by atoms with Crippen molar-refractivity contribution < 1.29 is 18.7 Å². The molecule has 16 heavy (non-hydrogen) atoms. The van der Waals surface area contributed by atoms with Crippen molar-refractivity contribution in [3.63, 3.8) is 0 Å². The number of aldehydes is 1. The predicted octanol–water partition coefficient (Wildman–Crippen LogP) is 1.31. The van der Waals surface area contributed by atoms with E-state index in [-0.39, 0.29) is 19.7 Å². The summed E-state index contributed by atoms with van der Waals surface area (Å²) in [7, 11) is 0. The lowest BCUT2D eigenvalue weighted by molar-refractivity contribution is -0.117. The van der Waals surface area contributed by atoms with E-state index in [1.54, 1.807) is 0 Å². The van der Waals surface area contributed by atoms with Gasteiger partial charge in [-0.05, 0) is 12.8 Å².